The van der Waals surface area contributed by atoms with Crippen LogP contribution in [0.3, 0.4) is 0 Å². The van der Waals surface area contributed by atoms with E-state index in [-0.39, 0.29) is 5.91 Å². The Bertz CT molecular complexity index is 308. The monoisotopic (exact) mass is 240 g/mol. The Labute approximate surface area is 102 Å². The molecule has 2 rings (SSSR count). The van der Waals surface area contributed by atoms with Gasteiger partial charge in [-0.3, -0.25) is 4.79 Å². The lowest BCUT2D eigenvalue weighted by Crippen LogP contribution is -2.44. The molecule has 0 heterocycles. The zero-order valence-corrected chi connectivity index (χ0v) is 10.7. The normalized spacial score (nSPS) is 21.6. The second-order valence-corrected chi connectivity index (χ2v) is 5.47. The molecule has 0 aliphatic heterocycles. The van der Waals surface area contributed by atoms with Gasteiger partial charge in [-0.15, -0.1) is 0 Å². The molecule has 3 nitrogen and oxygen atoms in total. The van der Waals surface area contributed by atoms with E-state index in [1.807, 2.05) is 4.90 Å². The van der Waals surface area contributed by atoms with Gasteiger partial charge in [0.2, 0.25) is 5.91 Å². The molecule has 0 aromatic carbocycles. The summed E-state index contributed by atoms with van der Waals surface area (Å²) in [5.74, 6) is 0.205. The number of rotatable bonds is 6. The average Bonchev–Trinajstić information content (AvgIpc) is 3.11. The molecular formula is C12H20N2OS. The van der Waals surface area contributed by atoms with Crippen molar-refractivity contribution in [2.24, 2.45) is 11.1 Å². The minimum absolute atomic E-state index is 0.205. The van der Waals surface area contributed by atoms with E-state index in [0.717, 1.165) is 45.1 Å². The predicted molar refractivity (Wildman–Crippen MR) is 68.1 cm³/mol. The third-order valence-electron chi connectivity index (χ3n) is 3.63. The molecule has 2 saturated carbocycles. The largest absolute Gasteiger partial charge is 0.392 e. The van der Waals surface area contributed by atoms with E-state index < -0.39 is 5.41 Å². The van der Waals surface area contributed by atoms with Crippen molar-refractivity contribution in [2.75, 3.05) is 6.54 Å². The topological polar surface area (TPSA) is 46.3 Å². The van der Waals surface area contributed by atoms with Gasteiger partial charge in [0.15, 0.2) is 0 Å². The number of nitrogens with two attached hydrogens (primary N) is 1. The number of thiocarbonyl (C=S) groups is 1. The third-order valence-corrected chi connectivity index (χ3v) is 4.02. The molecule has 2 N–H and O–H groups in total. The molecule has 0 atom stereocenters. The van der Waals surface area contributed by atoms with Crippen LogP contribution in [0.5, 0.6) is 0 Å². The quantitative estimate of drug-likeness (QED) is 0.721. The third kappa shape index (κ3) is 2.08. The molecule has 0 spiro atoms. The fourth-order valence-corrected chi connectivity index (χ4v) is 2.42. The summed E-state index contributed by atoms with van der Waals surface area (Å²) < 4.78 is 0. The highest BCUT2D eigenvalue weighted by Gasteiger charge is 2.55. The van der Waals surface area contributed by atoms with Crippen LogP contribution in [0.25, 0.3) is 0 Å². The highest BCUT2D eigenvalue weighted by molar-refractivity contribution is 7.80. The lowest BCUT2D eigenvalue weighted by molar-refractivity contribution is -0.135. The van der Waals surface area contributed by atoms with Gasteiger partial charge in [-0.2, -0.15) is 0 Å². The molecule has 0 saturated heterocycles. The minimum atomic E-state index is -0.453. The zero-order chi connectivity index (χ0) is 11.8. The fraction of sp³-hybridized carbons (Fsp3) is 0.833. The summed E-state index contributed by atoms with van der Waals surface area (Å²) in [5.41, 5.74) is 5.25. The number of nitrogens with zero attached hydrogens (tertiary/aromatic N) is 1. The van der Waals surface area contributed by atoms with Gasteiger partial charge in [0.05, 0.1) is 10.4 Å². The summed E-state index contributed by atoms with van der Waals surface area (Å²) >= 11 is 5.04. The maximum Gasteiger partial charge on any atom is 0.235 e. The highest BCUT2D eigenvalue weighted by atomic mass is 32.1. The molecule has 0 radical (unpaired) electrons. The summed E-state index contributed by atoms with van der Waals surface area (Å²) in [6, 6.07) is 0.478. The van der Waals surface area contributed by atoms with Crippen LogP contribution in [0.4, 0.5) is 0 Å². The number of carbonyl (C=O) groups excluding carboxylic acids is 1. The number of amides is 1. The highest BCUT2D eigenvalue weighted by Crippen LogP contribution is 2.49. The lowest BCUT2D eigenvalue weighted by Gasteiger charge is -2.26. The standard InChI is InChI=1S/C12H20N2OS/c1-2-3-8-14(9-4-5-9)11(15)12(6-7-12)10(13)16/h9H,2-8H2,1H3,(H2,13,16). The number of hydrogen-bond acceptors (Lipinski definition) is 2. The molecule has 0 aromatic rings. The summed E-state index contributed by atoms with van der Waals surface area (Å²) in [5, 5.41) is 0. The Kier molecular flexibility index (Phi) is 3.19. The van der Waals surface area contributed by atoms with Gasteiger partial charge in [0.1, 0.15) is 0 Å². The molecular weight excluding hydrogens is 220 g/mol. The van der Waals surface area contributed by atoms with Crippen molar-refractivity contribution in [1.29, 1.82) is 0 Å². The van der Waals surface area contributed by atoms with Crippen molar-refractivity contribution in [2.45, 2.75) is 51.5 Å². The second-order valence-electron chi connectivity index (χ2n) is 5.03. The van der Waals surface area contributed by atoms with Gasteiger partial charge in [0.25, 0.3) is 0 Å². The van der Waals surface area contributed by atoms with Crippen LogP contribution in [0.1, 0.15) is 45.4 Å². The van der Waals surface area contributed by atoms with E-state index in [1.165, 1.54) is 0 Å². The smallest absolute Gasteiger partial charge is 0.235 e. The van der Waals surface area contributed by atoms with Crippen molar-refractivity contribution < 1.29 is 4.79 Å². The summed E-state index contributed by atoms with van der Waals surface area (Å²) in [6.07, 6.45) is 6.23. The molecule has 1 amide bonds. The SMILES string of the molecule is CCCCN(C(=O)C1(C(N)=S)CC1)C1CC1. The van der Waals surface area contributed by atoms with Crippen molar-refractivity contribution >= 4 is 23.1 Å². The summed E-state index contributed by atoms with van der Waals surface area (Å²) in [7, 11) is 0. The second kappa shape index (κ2) is 4.32. The van der Waals surface area contributed by atoms with Crippen molar-refractivity contribution in [1.82, 2.24) is 4.90 Å². The predicted octanol–water partition coefficient (Wildman–Crippen LogP) is 1.84. The Morgan fingerprint density at radius 2 is 2.12 bits per heavy atom. The molecule has 2 fully saturated rings. The van der Waals surface area contributed by atoms with Gasteiger partial charge in [-0.05, 0) is 32.1 Å². The van der Waals surface area contributed by atoms with Gasteiger partial charge >= 0.3 is 0 Å². The molecule has 0 aromatic heterocycles. The number of unbranched alkanes of at least 4 members (excludes halogenated alkanes) is 1. The lowest BCUT2D eigenvalue weighted by atomic mass is 10.1. The molecule has 2 aliphatic carbocycles. The molecule has 0 bridgehead atoms. The van der Waals surface area contributed by atoms with E-state index in [0.29, 0.717) is 11.0 Å². The van der Waals surface area contributed by atoms with Crippen molar-refractivity contribution in [3.8, 4) is 0 Å². The van der Waals surface area contributed by atoms with Gasteiger partial charge in [0, 0.05) is 12.6 Å². The molecule has 16 heavy (non-hydrogen) atoms. The molecule has 2 aliphatic rings. The fourth-order valence-electron chi connectivity index (χ4n) is 2.13. The first-order chi connectivity index (χ1) is 7.62. The van der Waals surface area contributed by atoms with Crippen LogP contribution in [0.2, 0.25) is 0 Å². The Balaban J connectivity index is 2.02. The Morgan fingerprint density at radius 1 is 1.50 bits per heavy atom. The average molecular weight is 240 g/mol. The van der Waals surface area contributed by atoms with E-state index in [2.05, 4.69) is 6.92 Å². The van der Waals surface area contributed by atoms with Gasteiger partial charge in [-0.1, -0.05) is 25.6 Å². The van der Waals surface area contributed by atoms with Gasteiger partial charge in [-0.25, -0.2) is 0 Å². The maximum atomic E-state index is 12.4. The summed E-state index contributed by atoms with van der Waals surface area (Å²) in [6.45, 7) is 3.03. The maximum absolute atomic E-state index is 12.4. The first-order valence-electron chi connectivity index (χ1n) is 6.23. The van der Waals surface area contributed by atoms with E-state index in [4.69, 9.17) is 18.0 Å². The molecule has 0 unspecified atom stereocenters. The van der Waals surface area contributed by atoms with E-state index >= 15 is 0 Å². The Morgan fingerprint density at radius 3 is 2.50 bits per heavy atom. The van der Waals surface area contributed by atoms with E-state index in [1.54, 1.807) is 0 Å². The first kappa shape index (κ1) is 11.8. The van der Waals surface area contributed by atoms with Crippen molar-refractivity contribution in [3.63, 3.8) is 0 Å². The number of hydrogen-bond donors (Lipinski definition) is 1. The van der Waals surface area contributed by atoms with Crippen LogP contribution in [-0.4, -0.2) is 28.4 Å². The van der Waals surface area contributed by atoms with Crippen LogP contribution in [-0.2, 0) is 4.79 Å². The minimum Gasteiger partial charge on any atom is -0.392 e. The van der Waals surface area contributed by atoms with Crippen LogP contribution < -0.4 is 5.73 Å². The van der Waals surface area contributed by atoms with E-state index in [9.17, 15) is 4.79 Å². The molecule has 4 heteroatoms. The first-order valence-corrected chi connectivity index (χ1v) is 6.63. The van der Waals surface area contributed by atoms with Gasteiger partial charge < -0.3 is 10.6 Å². The summed E-state index contributed by atoms with van der Waals surface area (Å²) in [4.78, 5) is 14.9. The zero-order valence-electron chi connectivity index (χ0n) is 9.87. The van der Waals surface area contributed by atoms with Crippen LogP contribution in [0.15, 0.2) is 0 Å². The Hall–Kier alpha value is -0.640. The molecule has 90 valence electrons. The van der Waals surface area contributed by atoms with Crippen molar-refractivity contribution in [3.05, 3.63) is 0 Å². The van der Waals surface area contributed by atoms with Crippen LogP contribution >= 0.6 is 12.2 Å². The van der Waals surface area contributed by atoms with Crippen LogP contribution in [0, 0.1) is 5.41 Å². The number of carbonyl (C=O) groups is 1.